The van der Waals surface area contributed by atoms with Crippen LogP contribution in [0.4, 0.5) is 5.69 Å². The van der Waals surface area contributed by atoms with E-state index in [0.29, 0.717) is 17.7 Å². The highest BCUT2D eigenvalue weighted by Crippen LogP contribution is 2.10. The molecule has 8 heteroatoms. The molecule has 0 heterocycles. The Kier molecular flexibility index (Phi) is 5.51. The first kappa shape index (κ1) is 16.0. The zero-order valence-electron chi connectivity index (χ0n) is 10.9. The van der Waals surface area contributed by atoms with Crippen LogP contribution in [0.15, 0.2) is 24.3 Å². The second kappa shape index (κ2) is 6.90. The molecule has 0 saturated heterocycles. The quantitative estimate of drug-likeness (QED) is 0.640. The van der Waals surface area contributed by atoms with Crippen molar-refractivity contribution in [2.24, 2.45) is 0 Å². The third-order valence-electron chi connectivity index (χ3n) is 2.30. The summed E-state index contributed by atoms with van der Waals surface area (Å²) in [7, 11) is -3.34. The van der Waals surface area contributed by atoms with E-state index in [0.717, 1.165) is 6.26 Å². The normalized spacial score (nSPS) is 10.8. The van der Waals surface area contributed by atoms with Crippen molar-refractivity contribution in [3.05, 3.63) is 29.8 Å². The van der Waals surface area contributed by atoms with Crippen LogP contribution in [-0.2, 0) is 14.8 Å². The van der Waals surface area contributed by atoms with Crippen LogP contribution in [0.5, 0.6) is 0 Å². The van der Waals surface area contributed by atoms with Gasteiger partial charge in [0, 0.05) is 24.2 Å². The first-order valence-corrected chi connectivity index (χ1v) is 7.75. The number of anilines is 1. The van der Waals surface area contributed by atoms with Crippen LogP contribution in [-0.4, -0.2) is 38.2 Å². The molecule has 0 atom stereocenters. The Bertz CT molecular complexity index is 580. The molecule has 1 aromatic carbocycles. The van der Waals surface area contributed by atoms with Crippen LogP contribution in [0, 0.1) is 0 Å². The van der Waals surface area contributed by atoms with E-state index in [9.17, 15) is 18.0 Å². The fraction of sp³-hybridized carbons (Fsp3) is 0.333. The monoisotopic (exact) mass is 300 g/mol. The number of hydrogen-bond donors (Lipinski definition) is 3. The minimum Gasteiger partial charge on any atom is -0.481 e. The van der Waals surface area contributed by atoms with Gasteiger partial charge in [0.05, 0.1) is 6.26 Å². The maximum absolute atomic E-state index is 11.7. The molecule has 0 aliphatic heterocycles. The molecule has 0 fully saturated rings. The molecular weight excluding hydrogens is 284 g/mol. The van der Waals surface area contributed by atoms with E-state index in [1.165, 1.54) is 24.3 Å². The number of sulfonamides is 1. The number of carbonyl (C=O) groups excluding carboxylic acids is 1. The Morgan fingerprint density at radius 3 is 2.30 bits per heavy atom. The van der Waals surface area contributed by atoms with Gasteiger partial charge in [-0.05, 0) is 30.7 Å². The third-order valence-corrected chi connectivity index (χ3v) is 2.91. The van der Waals surface area contributed by atoms with Gasteiger partial charge >= 0.3 is 5.97 Å². The van der Waals surface area contributed by atoms with Gasteiger partial charge < -0.3 is 10.4 Å². The molecule has 0 radical (unpaired) electrons. The van der Waals surface area contributed by atoms with Crippen molar-refractivity contribution in [1.29, 1.82) is 0 Å². The van der Waals surface area contributed by atoms with Crippen LogP contribution in [0.1, 0.15) is 23.2 Å². The number of benzene rings is 1. The maximum atomic E-state index is 11.7. The highest BCUT2D eigenvalue weighted by Gasteiger charge is 2.06. The highest BCUT2D eigenvalue weighted by molar-refractivity contribution is 7.92. The molecule has 0 bridgehead atoms. The molecule has 1 rings (SSSR count). The van der Waals surface area contributed by atoms with Crippen molar-refractivity contribution >= 4 is 27.6 Å². The second-order valence-electron chi connectivity index (χ2n) is 4.20. The van der Waals surface area contributed by atoms with Crippen molar-refractivity contribution in [3.8, 4) is 0 Å². The van der Waals surface area contributed by atoms with Crippen LogP contribution in [0.2, 0.25) is 0 Å². The van der Waals surface area contributed by atoms with E-state index in [1.807, 2.05) is 0 Å². The van der Waals surface area contributed by atoms with Gasteiger partial charge in [0.25, 0.3) is 5.91 Å². The number of nitrogens with one attached hydrogen (secondary N) is 2. The lowest BCUT2D eigenvalue weighted by molar-refractivity contribution is -0.137. The lowest BCUT2D eigenvalue weighted by Crippen LogP contribution is -2.24. The number of amides is 1. The van der Waals surface area contributed by atoms with Crippen molar-refractivity contribution < 1.29 is 23.1 Å². The van der Waals surface area contributed by atoms with Gasteiger partial charge in [-0.2, -0.15) is 0 Å². The molecule has 20 heavy (non-hydrogen) atoms. The van der Waals surface area contributed by atoms with Crippen molar-refractivity contribution in [1.82, 2.24) is 5.32 Å². The molecule has 3 N–H and O–H groups in total. The molecule has 1 aromatic rings. The van der Waals surface area contributed by atoms with E-state index in [4.69, 9.17) is 5.11 Å². The van der Waals surface area contributed by atoms with E-state index >= 15 is 0 Å². The summed E-state index contributed by atoms with van der Waals surface area (Å²) < 4.78 is 24.3. The molecule has 0 saturated carbocycles. The molecule has 1 amide bonds. The summed E-state index contributed by atoms with van der Waals surface area (Å²) in [6, 6.07) is 5.93. The average molecular weight is 300 g/mol. The third kappa shape index (κ3) is 6.19. The van der Waals surface area contributed by atoms with Gasteiger partial charge in [-0.15, -0.1) is 0 Å². The summed E-state index contributed by atoms with van der Waals surface area (Å²) in [5.41, 5.74) is 0.745. The summed E-state index contributed by atoms with van der Waals surface area (Å²) >= 11 is 0. The molecule has 0 unspecified atom stereocenters. The average Bonchev–Trinajstić information content (AvgIpc) is 2.33. The Hall–Kier alpha value is -2.09. The number of rotatable bonds is 7. The molecular formula is C12H16N2O5S. The first-order valence-electron chi connectivity index (χ1n) is 5.86. The summed E-state index contributed by atoms with van der Waals surface area (Å²) in [5, 5.41) is 11.0. The predicted octanol–water partition coefficient (Wildman–Crippen LogP) is 0.653. The Labute approximate surface area is 117 Å². The Balaban J connectivity index is 2.51. The second-order valence-corrected chi connectivity index (χ2v) is 5.95. The predicted molar refractivity (Wildman–Crippen MR) is 74.1 cm³/mol. The lowest BCUT2D eigenvalue weighted by Gasteiger charge is -2.06. The van der Waals surface area contributed by atoms with Gasteiger partial charge in [0.15, 0.2) is 0 Å². The summed E-state index contributed by atoms with van der Waals surface area (Å²) in [5.74, 6) is -1.24. The maximum Gasteiger partial charge on any atom is 0.303 e. The molecule has 0 spiro atoms. The van der Waals surface area contributed by atoms with Crippen LogP contribution in [0.3, 0.4) is 0 Å². The molecule has 7 nitrogen and oxygen atoms in total. The zero-order chi connectivity index (χ0) is 15.2. The largest absolute Gasteiger partial charge is 0.481 e. The fourth-order valence-corrected chi connectivity index (χ4v) is 2.01. The minimum atomic E-state index is -3.34. The SMILES string of the molecule is CS(=O)(=O)Nc1ccc(C(=O)NCCCC(=O)O)cc1. The standard InChI is InChI=1S/C12H16N2O5S/c1-20(18,19)14-10-6-4-9(5-7-10)12(17)13-8-2-3-11(15)16/h4-7,14H,2-3,8H2,1H3,(H,13,17)(H,15,16). The van der Waals surface area contributed by atoms with Gasteiger partial charge in [-0.3, -0.25) is 14.3 Å². The smallest absolute Gasteiger partial charge is 0.303 e. The van der Waals surface area contributed by atoms with Crippen LogP contribution < -0.4 is 10.0 Å². The number of hydrogen-bond acceptors (Lipinski definition) is 4. The van der Waals surface area contributed by atoms with E-state index in [-0.39, 0.29) is 18.9 Å². The molecule has 0 aliphatic carbocycles. The zero-order valence-corrected chi connectivity index (χ0v) is 11.7. The fourth-order valence-electron chi connectivity index (χ4n) is 1.45. The van der Waals surface area contributed by atoms with Crippen molar-refractivity contribution in [3.63, 3.8) is 0 Å². The Morgan fingerprint density at radius 2 is 1.80 bits per heavy atom. The van der Waals surface area contributed by atoms with Crippen molar-refractivity contribution in [2.75, 3.05) is 17.5 Å². The number of aliphatic carboxylic acids is 1. The number of carboxylic acids is 1. The Morgan fingerprint density at radius 1 is 1.20 bits per heavy atom. The summed E-state index contributed by atoms with van der Waals surface area (Å²) in [4.78, 5) is 22.0. The van der Waals surface area contributed by atoms with Gasteiger partial charge in [-0.1, -0.05) is 0 Å². The topological polar surface area (TPSA) is 113 Å². The van der Waals surface area contributed by atoms with Crippen LogP contribution >= 0.6 is 0 Å². The van der Waals surface area contributed by atoms with E-state index in [2.05, 4.69) is 10.0 Å². The van der Waals surface area contributed by atoms with Gasteiger partial charge in [0.1, 0.15) is 0 Å². The van der Waals surface area contributed by atoms with E-state index < -0.39 is 16.0 Å². The van der Waals surface area contributed by atoms with Gasteiger partial charge in [-0.25, -0.2) is 8.42 Å². The minimum absolute atomic E-state index is 0.00248. The van der Waals surface area contributed by atoms with Crippen molar-refractivity contribution in [2.45, 2.75) is 12.8 Å². The van der Waals surface area contributed by atoms with Crippen LogP contribution in [0.25, 0.3) is 0 Å². The molecule has 0 aromatic heterocycles. The number of carbonyl (C=O) groups is 2. The summed E-state index contributed by atoms with van der Waals surface area (Å²) in [6.07, 6.45) is 1.39. The molecule has 110 valence electrons. The molecule has 0 aliphatic rings. The number of carboxylic acid groups (broad SMARTS) is 1. The van der Waals surface area contributed by atoms with E-state index in [1.54, 1.807) is 0 Å². The first-order chi connectivity index (χ1) is 9.28. The highest BCUT2D eigenvalue weighted by atomic mass is 32.2. The lowest BCUT2D eigenvalue weighted by atomic mass is 10.2. The summed E-state index contributed by atoms with van der Waals surface area (Å²) in [6.45, 7) is 0.272. The van der Waals surface area contributed by atoms with Gasteiger partial charge in [0.2, 0.25) is 10.0 Å².